The molecule has 0 radical (unpaired) electrons. The Morgan fingerprint density at radius 2 is 1.51 bits per heavy atom. The maximum atomic E-state index is 5.91. The van der Waals surface area contributed by atoms with E-state index in [2.05, 4.69) is 45.7 Å². The Morgan fingerprint density at radius 3 is 2.22 bits per heavy atom. The zero-order chi connectivity index (χ0) is 25.1. The largest absolute Gasteiger partial charge is 0.454 e. The molecule has 4 aromatic rings. The molecule has 186 valence electrons. The third-order valence-corrected chi connectivity index (χ3v) is 7.45. The van der Waals surface area contributed by atoms with Crippen LogP contribution in [0.3, 0.4) is 0 Å². The number of fused-ring (bicyclic) bond motifs is 2. The third-order valence-electron chi connectivity index (χ3n) is 7.14. The molecule has 3 aliphatic rings. The van der Waals surface area contributed by atoms with Crippen LogP contribution in [-0.2, 0) is 0 Å². The van der Waals surface area contributed by atoms with Crippen LogP contribution in [0.5, 0.6) is 23.0 Å². The topological polar surface area (TPSA) is 70.0 Å². The smallest absolute Gasteiger partial charge is 0.231 e. The van der Waals surface area contributed by atoms with E-state index in [0.29, 0.717) is 10.9 Å². The van der Waals surface area contributed by atoms with E-state index in [0.717, 1.165) is 51.3 Å². The summed E-state index contributed by atoms with van der Waals surface area (Å²) in [4.78, 5) is 6.84. The molecule has 8 nitrogen and oxygen atoms in total. The molecule has 1 saturated heterocycles. The lowest BCUT2D eigenvalue weighted by atomic mass is 9.96. The Labute approximate surface area is 219 Å². The van der Waals surface area contributed by atoms with Crippen LogP contribution in [-0.4, -0.2) is 28.2 Å². The van der Waals surface area contributed by atoms with Gasteiger partial charge in [0.2, 0.25) is 13.6 Å². The third kappa shape index (κ3) is 3.49. The summed E-state index contributed by atoms with van der Waals surface area (Å²) in [6.45, 7) is 4.72. The fourth-order valence-electron chi connectivity index (χ4n) is 5.49. The van der Waals surface area contributed by atoms with E-state index >= 15 is 0 Å². The van der Waals surface area contributed by atoms with Crippen LogP contribution in [0.1, 0.15) is 34.7 Å². The summed E-state index contributed by atoms with van der Waals surface area (Å²) >= 11 is 5.91. The van der Waals surface area contributed by atoms with Crippen molar-refractivity contribution in [2.75, 3.05) is 18.5 Å². The predicted molar refractivity (Wildman–Crippen MR) is 142 cm³/mol. The summed E-state index contributed by atoms with van der Waals surface area (Å²) in [5.74, 6) is 2.97. The van der Waals surface area contributed by atoms with Gasteiger partial charge in [-0.2, -0.15) is 0 Å². The lowest BCUT2D eigenvalue weighted by molar-refractivity contribution is 0.173. The summed E-state index contributed by atoms with van der Waals surface area (Å²) in [5, 5.41) is 4.17. The first kappa shape index (κ1) is 22.0. The number of thiocarbonyl (C=S) groups is 1. The van der Waals surface area contributed by atoms with E-state index in [1.165, 1.54) is 0 Å². The van der Waals surface area contributed by atoms with Gasteiger partial charge in [0, 0.05) is 41.1 Å². The number of hydrogen-bond donors (Lipinski definition) is 1. The molecule has 0 amide bonds. The quantitative estimate of drug-likeness (QED) is 0.378. The summed E-state index contributed by atoms with van der Waals surface area (Å²) in [6.07, 6.45) is 1.82. The van der Waals surface area contributed by atoms with E-state index in [-0.39, 0.29) is 25.7 Å². The molecule has 0 saturated carbocycles. The number of aromatic nitrogens is 2. The summed E-state index contributed by atoms with van der Waals surface area (Å²) in [7, 11) is 0. The maximum absolute atomic E-state index is 5.91. The number of nitrogens with one attached hydrogen (secondary N) is 1. The second-order valence-corrected chi connectivity index (χ2v) is 9.62. The van der Waals surface area contributed by atoms with Crippen LogP contribution in [0.25, 0.3) is 5.69 Å². The lowest BCUT2D eigenvalue weighted by Crippen LogP contribution is -2.29. The van der Waals surface area contributed by atoms with Crippen LogP contribution >= 0.6 is 12.2 Å². The predicted octanol–water partition coefficient (Wildman–Crippen LogP) is 5.12. The molecule has 2 aromatic carbocycles. The van der Waals surface area contributed by atoms with Crippen LogP contribution in [0.15, 0.2) is 66.9 Å². The number of rotatable bonds is 4. The molecule has 2 aromatic heterocycles. The van der Waals surface area contributed by atoms with Crippen molar-refractivity contribution in [3.05, 3.63) is 89.5 Å². The van der Waals surface area contributed by atoms with Crippen LogP contribution in [0.2, 0.25) is 0 Å². The van der Waals surface area contributed by atoms with Gasteiger partial charge in [-0.1, -0.05) is 6.07 Å². The van der Waals surface area contributed by atoms with Crippen LogP contribution in [0, 0.1) is 13.8 Å². The van der Waals surface area contributed by atoms with Gasteiger partial charge in [-0.05, 0) is 74.1 Å². The van der Waals surface area contributed by atoms with Gasteiger partial charge < -0.3 is 33.7 Å². The van der Waals surface area contributed by atoms with Gasteiger partial charge in [0.05, 0.1) is 17.8 Å². The van der Waals surface area contributed by atoms with Crippen molar-refractivity contribution in [1.82, 2.24) is 14.9 Å². The minimum atomic E-state index is -0.148. The number of ether oxygens (including phenoxy) is 4. The zero-order valence-corrected chi connectivity index (χ0v) is 21.1. The monoisotopic (exact) mass is 512 g/mol. The highest BCUT2D eigenvalue weighted by atomic mass is 32.1. The van der Waals surface area contributed by atoms with Crippen molar-refractivity contribution in [3.8, 4) is 28.7 Å². The van der Waals surface area contributed by atoms with Crippen molar-refractivity contribution in [3.63, 3.8) is 0 Å². The summed E-state index contributed by atoms with van der Waals surface area (Å²) < 4.78 is 24.6. The molecular formula is C28H24N4O4S. The van der Waals surface area contributed by atoms with E-state index in [1.807, 2.05) is 54.7 Å². The van der Waals surface area contributed by atoms with Crippen LogP contribution in [0.4, 0.5) is 5.69 Å². The average molecular weight is 513 g/mol. The molecule has 0 bridgehead atoms. The standard InChI is InChI=1S/C28H24N4O4S/c1-16-11-20(17(2)31(16)18-6-8-22-24(12-18)35-14-33-22)27-26(21-5-3-4-10-29-21)30-28(37)32(27)19-7-9-23-25(13-19)36-15-34-23/h3-13,26-27H,14-15H2,1-2H3,(H,30,37)/t26-,27+/m1/s1. The van der Waals surface area contributed by atoms with Crippen molar-refractivity contribution >= 4 is 23.0 Å². The number of hydrogen-bond acceptors (Lipinski definition) is 6. The summed E-state index contributed by atoms with van der Waals surface area (Å²) in [6, 6.07) is 19.9. The normalized spacial score (nSPS) is 19.4. The molecule has 2 atom stereocenters. The molecular weight excluding hydrogens is 488 g/mol. The minimum absolute atomic E-state index is 0.142. The number of aryl methyl sites for hydroxylation is 1. The van der Waals surface area contributed by atoms with Crippen molar-refractivity contribution in [1.29, 1.82) is 0 Å². The molecule has 0 aliphatic carbocycles. The molecule has 0 spiro atoms. The van der Waals surface area contributed by atoms with Gasteiger partial charge in [-0.25, -0.2) is 0 Å². The first-order valence-electron chi connectivity index (χ1n) is 12.1. The van der Waals surface area contributed by atoms with Crippen LogP contribution < -0.4 is 29.2 Å². The van der Waals surface area contributed by atoms with Gasteiger partial charge >= 0.3 is 0 Å². The SMILES string of the molecule is Cc1cc([C@H]2[C@@H](c3ccccn3)NC(=S)N2c2ccc3c(c2)OCO3)c(C)n1-c1ccc2c(c1)OCO2. The Bertz CT molecular complexity index is 1540. The van der Waals surface area contributed by atoms with E-state index in [9.17, 15) is 0 Å². The fourth-order valence-corrected chi connectivity index (χ4v) is 5.84. The fraction of sp³-hybridized carbons (Fsp3) is 0.214. The van der Waals surface area contributed by atoms with E-state index in [1.54, 1.807) is 0 Å². The van der Waals surface area contributed by atoms with Crippen molar-refractivity contribution in [2.24, 2.45) is 0 Å². The Hall–Kier alpha value is -4.24. The zero-order valence-electron chi connectivity index (χ0n) is 20.3. The second-order valence-electron chi connectivity index (χ2n) is 9.23. The molecule has 0 unspecified atom stereocenters. The van der Waals surface area contributed by atoms with Gasteiger partial charge in [0.15, 0.2) is 28.1 Å². The Balaban J connectivity index is 1.37. The summed E-state index contributed by atoms with van der Waals surface area (Å²) in [5.41, 5.74) is 6.23. The lowest BCUT2D eigenvalue weighted by Gasteiger charge is -2.28. The van der Waals surface area contributed by atoms with Gasteiger partial charge in [0.1, 0.15) is 0 Å². The van der Waals surface area contributed by atoms with Gasteiger partial charge in [0.25, 0.3) is 0 Å². The molecule has 9 heteroatoms. The van der Waals surface area contributed by atoms with Crippen molar-refractivity contribution < 1.29 is 18.9 Å². The Morgan fingerprint density at radius 1 is 0.838 bits per heavy atom. The molecule has 1 N–H and O–H groups in total. The number of pyridine rings is 1. The second kappa shape index (κ2) is 8.41. The van der Waals surface area contributed by atoms with E-state index < -0.39 is 0 Å². The molecule has 7 rings (SSSR count). The molecule has 3 aliphatic heterocycles. The minimum Gasteiger partial charge on any atom is -0.454 e. The number of benzene rings is 2. The number of nitrogens with zero attached hydrogens (tertiary/aromatic N) is 3. The number of anilines is 1. The first-order chi connectivity index (χ1) is 18.1. The average Bonchev–Trinajstić information content (AvgIpc) is 3.69. The molecule has 5 heterocycles. The van der Waals surface area contributed by atoms with E-state index in [4.69, 9.17) is 31.2 Å². The first-order valence-corrected chi connectivity index (χ1v) is 12.5. The molecule has 37 heavy (non-hydrogen) atoms. The highest BCUT2D eigenvalue weighted by Crippen LogP contribution is 2.46. The van der Waals surface area contributed by atoms with Gasteiger partial charge in [-0.15, -0.1) is 0 Å². The Kier molecular flexibility index (Phi) is 5.00. The molecule has 1 fully saturated rings. The highest BCUT2D eigenvalue weighted by Gasteiger charge is 2.42. The highest BCUT2D eigenvalue weighted by molar-refractivity contribution is 7.80. The maximum Gasteiger partial charge on any atom is 0.231 e. The van der Waals surface area contributed by atoms with Crippen molar-refractivity contribution in [2.45, 2.75) is 25.9 Å². The van der Waals surface area contributed by atoms with Gasteiger partial charge in [-0.3, -0.25) is 4.98 Å².